The van der Waals surface area contributed by atoms with Gasteiger partial charge in [0, 0.05) is 7.05 Å². The van der Waals surface area contributed by atoms with Crippen LogP contribution < -0.4 is 0 Å². The van der Waals surface area contributed by atoms with Crippen molar-refractivity contribution in [3.63, 3.8) is 0 Å². The number of aromatic nitrogens is 2. The van der Waals surface area contributed by atoms with Crippen molar-refractivity contribution >= 4 is 28.1 Å². The summed E-state index contributed by atoms with van der Waals surface area (Å²) in [5.41, 5.74) is 2.68. The average molecular weight is 302 g/mol. The summed E-state index contributed by atoms with van der Waals surface area (Å²) in [5.74, 6) is 0.606. The van der Waals surface area contributed by atoms with Crippen LogP contribution in [0.5, 0.6) is 5.75 Å². The topological polar surface area (TPSA) is 55.1 Å². The van der Waals surface area contributed by atoms with E-state index in [4.69, 9.17) is 0 Å². The highest BCUT2D eigenvalue weighted by molar-refractivity contribution is 6.04. The number of para-hydroxylation sites is 2. The van der Waals surface area contributed by atoms with Crippen LogP contribution in [0.4, 0.5) is 0 Å². The minimum atomic E-state index is -0.0305. The molecule has 0 spiro atoms. The maximum absolute atomic E-state index is 11.5. The summed E-state index contributed by atoms with van der Waals surface area (Å²) < 4.78 is 1.92. The normalized spacial score (nSPS) is 11.2. The Morgan fingerprint density at radius 3 is 2.61 bits per heavy atom. The largest absolute Gasteiger partial charge is 0.506 e. The van der Waals surface area contributed by atoms with Gasteiger partial charge in [0.05, 0.1) is 22.2 Å². The lowest BCUT2D eigenvalue weighted by molar-refractivity contribution is 0.112. The first kappa shape index (κ1) is 13.5. The van der Waals surface area contributed by atoms with Crippen molar-refractivity contribution in [1.29, 1.82) is 0 Å². The van der Waals surface area contributed by atoms with Crippen LogP contribution in [0.1, 0.15) is 10.4 Å². The van der Waals surface area contributed by atoms with Crippen molar-refractivity contribution in [3.8, 4) is 17.1 Å². The highest BCUT2D eigenvalue weighted by Crippen LogP contribution is 2.37. The summed E-state index contributed by atoms with van der Waals surface area (Å²) in [5, 5.41) is 12.2. The number of nitrogens with zero attached hydrogens (tertiary/aromatic N) is 2. The highest BCUT2D eigenvalue weighted by atomic mass is 16.3. The number of carbonyl (C=O) groups is 1. The van der Waals surface area contributed by atoms with Crippen LogP contribution >= 0.6 is 0 Å². The highest BCUT2D eigenvalue weighted by Gasteiger charge is 2.18. The molecule has 0 saturated carbocycles. The van der Waals surface area contributed by atoms with Crippen molar-refractivity contribution in [2.24, 2.45) is 7.05 Å². The van der Waals surface area contributed by atoms with Gasteiger partial charge in [0.15, 0.2) is 6.29 Å². The fourth-order valence-corrected chi connectivity index (χ4v) is 3.04. The number of carbonyl (C=O) groups excluding carboxylic acids is 1. The fraction of sp³-hybridized carbons (Fsp3) is 0.0526. The molecule has 4 heteroatoms. The van der Waals surface area contributed by atoms with Crippen LogP contribution in [-0.2, 0) is 7.05 Å². The number of fused-ring (bicyclic) bond motifs is 2. The summed E-state index contributed by atoms with van der Waals surface area (Å²) in [6.07, 6.45) is 0.698. The zero-order valence-corrected chi connectivity index (χ0v) is 12.5. The zero-order valence-electron chi connectivity index (χ0n) is 12.5. The number of aromatic hydroxyl groups is 1. The van der Waals surface area contributed by atoms with E-state index >= 15 is 0 Å². The molecule has 4 aromatic rings. The molecule has 1 N–H and O–H groups in total. The number of aldehydes is 1. The Hall–Kier alpha value is -3.14. The summed E-state index contributed by atoms with van der Waals surface area (Å²) >= 11 is 0. The maximum atomic E-state index is 11.5. The van der Waals surface area contributed by atoms with Gasteiger partial charge < -0.3 is 9.67 Å². The van der Waals surface area contributed by atoms with E-state index in [0.29, 0.717) is 23.2 Å². The van der Waals surface area contributed by atoms with Gasteiger partial charge in [-0.2, -0.15) is 0 Å². The third kappa shape index (κ3) is 1.92. The molecule has 0 saturated heterocycles. The Labute approximate surface area is 132 Å². The van der Waals surface area contributed by atoms with E-state index < -0.39 is 0 Å². The molecule has 0 aliphatic heterocycles. The Morgan fingerprint density at radius 1 is 1.09 bits per heavy atom. The van der Waals surface area contributed by atoms with Gasteiger partial charge in [-0.1, -0.05) is 36.4 Å². The fourth-order valence-electron chi connectivity index (χ4n) is 3.04. The second-order valence-electron chi connectivity index (χ2n) is 5.51. The Balaban J connectivity index is 2.10. The maximum Gasteiger partial charge on any atom is 0.154 e. The summed E-state index contributed by atoms with van der Waals surface area (Å²) in [4.78, 5) is 16.1. The van der Waals surface area contributed by atoms with Crippen LogP contribution in [0.15, 0.2) is 54.6 Å². The Morgan fingerprint density at radius 2 is 1.83 bits per heavy atom. The van der Waals surface area contributed by atoms with Gasteiger partial charge in [0.2, 0.25) is 0 Å². The van der Waals surface area contributed by atoms with Crippen molar-refractivity contribution in [2.75, 3.05) is 0 Å². The second kappa shape index (κ2) is 4.95. The monoisotopic (exact) mass is 302 g/mol. The smallest absolute Gasteiger partial charge is 0.154 e. The number of aryl methyl sites for hydroxylation is 1. The van der Waals surface area contributed by atoms with Gasteiger partial charge in [-0.05, 0) is 29.0 Å². The molecular formula is C19H14N2O2. The van der Waals surface area contributed by atoms with E-state index in [2.05, 4.69) is 4.98 Å². The lowest BCUT2D eigenvalue weighted by Gasteiger charge is -2.10. The predicted octanol–water partition coefficient (Wildman–Crippen LogP) is 3.91. The molecule has 4 nitrogen and oxygen atoms in total. The van der Waals surface area contributed by atoms with Gasteiger partial charge in [-0.3, -0.25) is 4.79 Å². The lowest BCUT2D eigenvalue weighted by Crippen LogP contribution is -1.95. The Kier molecular flexibility index (Phi) is 2.91. The first-order valence-corrected chi connectivity index (χ1v) is 7.32. The van der Waals surface area contributed by atoms with E-state index in [-0.39, 0.29) is 5.75 Å². The van der Waals surface area contributed by atoms with E-state index in [1.165, 1.54) is 0 Å². The number of hydrogen-bond acceptors (Lipinski definition) is 3. The first-order valence-electron chi connectivity index (χ1n) is 7.32. The van der Waals surface area contributed by atoms with Gasteiger partial charge in [0.1, 0.15) is 11.6 Å². The molecule has 0 amide bonds. The van der Waals surface area contributed by atoms with Gasteiger partial charge in [0.25, 0.3) is 0 Å². The van der Waals surface area contributed by atoms with Crippen LogP contribution in [0, 0.1) is 0 Å². The molecule has 0 unspecified atom stereocenters. The average Bonchev–Trinajstić information content (AvgIpc) is 2.91. The third-order valence-corrected chi connectivity index (χ3v) is 4.21. The second-order valence-corrected chi connectivity index (χ2v) is 5.51. The molecule has 0 atom stereocenters. The molecule has 0 bridgehead atoms. The number of phenols is 1. The minimum absolute atomic E-state index is 0.0305. The third-order valence-electron chi connectivity index (χ3n) is 4.21. The molecule has 112 valence electrons. The zero-order chi connectivity index (χ0) is 16.0. The van der Waals surface area contributed by atoms with Crippen LogP contribution in [0.3, 0.4) is 0 Å². The summed E-state index contributed by atoms with van der Waals surface area (Å²) in [6.45, 7) is 0. The van der Waals surface area contributed by atoms with Gasteiger partial charge in [-0.25, -0.2) is 4.98 Å². The Bertz CT molecular complexity index is 1060. The van der Waals surface area contributed by atoms with Crippen molar-refractivity contribution in [2.45, 2.75) is 0 Å². The number of benzene rings is 3. The lowest BCUT2D eigenvalue weighted by atomic mass is 9.99. The standard InChI is InChI=1S/C19H14N2O2/c1-21-17-9-5-4-8-16(17)20-19(21)14-10-12-6-2-3-7-13(12)15(11-22)18(14)23/h2-11,23H,1H3. The SMILES string of the molecule is Cn1c(-c2cc3ccccc3c(C=O)c2O)nc2ccccc21. The number of phenolic OH excluding ortho intramolecular Hbond substituents is 1. The molecule has 0 aliphatic rings. The van der Waals surface area contributed by atoms with Crippen molar-refractivity contribution < 1.29 is 9.90 Å². The first-order chi connectivity index (χ1) is 11.2. The minimum Gasteiger partial charge on any atom is -0.506 e. The molecule has 0 aliphatic carbocycles. The summed E-state index contributed by atoms with van der Waals surface area (Å²) in [7, 11) is 1.90. The molecule has 0 radical (unpaired) electrons. The molecule has 1 aromatic heterocycles. The van der Waals surface area contributed by atoms with Gasteiger partial charge >= 0.3 is 0 Å². The predicted molar refractivity (Wildman–Crippen MR) is 90.7 cm³/mol. The molecule has 23 heavy (non-hydrogen) atoms. The molecule has 0 fully saturated rings. The van der Waals surface area contributed by atoms with Crippen LogP contribution in [-0.4, -0.2) is 20.9 Å². The van der Waals surface area contributed by atoms with E-state index in [1.54, 1.807) is 0 Å². The summed E-state index contributed by atoms with van der Waals surface area (Å²) in [6, 6.07) is 17.2. The number of hydrogen-bond donors (Lipinski definition) is 1. The molecular weight excluding hydrogens is 288 g/mol. The molecule has 1 heterocycles. The van der Waals surface area contributed by atoms with E-state index in [9.17, 15) is 9.90 Å². The number of rotatable bonds is 2. The number of imidazole rings is 1. The van der Waals surface area contributed by atoms with Crippen molar-refractivity contribution in [1.82, 2.24) is 9.55 Å². The van der Waals surface area contributed by atoms with Crippen LogP contribution in [0.2, 0.25) is 0 Å². The van der Waals surface area contributed by atoms with Crippen LogP contribution in [0.25, 0.3) is 33.2 Å². The van der Waals surface area contributed by atoms with E-state index in [1.807, 2.05) is 66.2 Å². The molecule has 3 aromatic carbocycles. The van der Waals surface area contributed by atoms with E-state index in [0.717, 1.165) is 21.8 Å². The van der Waals surface area contributed by atoms with Gasteiger partial charge in [-0.15, -0.1) is 0 Å². The van der Waals surface area contributed by atoms with Crippen molar-refractivity contribution in [3.05, 3.63) is 60.2 Å². The molecule has 4 rings (SSSR count). The quantitative estimate of drug-likeness (QED) is 0.571.